The molecular formula is C16H21ClN2. The van der Waals surface area contributed by atoms with E-state index in [-0.39, 0.29) is 0 Å². The Balaban J connectivity index is 1.94. The average molecular weight is 277 g/mol. The first kappa shape index (κ1) is 13.0. The highest BCUT2D eigenvalue weighted by molar-refractivity contribution is 6.31. The Labute approximate surface area is 120 Å². The molecule has 0 saturated carbocycles. The van der Waals surface area contributed by atoms with Crippen LogP contribution in [0.1, 0.15) is 31.7 Å². The molecule has 19 heavy (non-hydrogen) atoms. The van der Waals surface area contributed by atoms with Crippen LogP contribution in [0.25, 0.3) is 10.9 Å². The van der Waals surface area contributed by atoms with Gasteiger partial charge in [-0.25, -0.2) is 0 Å². The topological polar surface area (TPSA) is 8.17 Å². The van der Waals surface area contributed by atoms with Gasteiger partial charge in [-0.1, -0.05) is 24.1 Å². The van der Waals surface area contributed by atoms with E-state index in [9.17, 15) is 0 Å². The fraction of sp³-hybridized carbons (Fsp3) is 0.500. The first-order valence-corrected chi connectivity index (χ1v) is 7.65. The van der Waals surface area contributed by atoms with Crippen LogP contribution in [0.2, 0.25) is 5.02 Å². The molecule has 102 valence electrons. The van der Waals surface area contributed by atoms with Gasteiger partial charge in [0.25, 0.3) is 0 Å². The maximum atomic E-state index is 6.13. The number of likely N-dealkylation sites (tertiary alicyclic amines) is 1. The number of aromatic nitrogens is 1. The van der Waals surface area contributed by atoms with E-state index in [0.29, 0.717) is 0 Å². The molecule has 2 heterocycles. The molecule has 3 rings (SSSR count). The number of aryl methyl sites for hydroxylation is 1. The molecule has 1 aromatic heterocycles. The largest absolute Gasteiger partial charge is 0.347 e. The number of hydrogen-bond donors (Lipinski definition) is 0. The third-order valence-electron chi connectivity index (χ3n) is 4.11. The Bertz CT molecular complexity index is 567. The first-order chi connectivity index (χ1) is 9.28. The van der Waals surface area contributed by atoms with E-state index in [2.05, 4.69) is 34.7 Å². The zero-order valence-electron chi connectivity index (χ0n) is 11.5. The summed E-state index contributed by atoms with van der Waals surface area (Å²) in [6, 6.07) is 6.26. The van der Waals surface area contributed by atoms with Crippen molar-refractivity contribution in [1.82, 2.24) is 9.47 Å². The summed E-state index contributed by atoms with van der Waals surface area (Å²) in [7, 11) is 0. The molecule has 1 aliphatic rings. The maximum Gasteiger partial charge on any atom is 0.0498 e. The van der Waals surface area contributed by atoms with Crippen LogP contribution in [0.15, 0.2) is 24.4 Å². The van der Waals surface area contributed by atoms with Gasteiger partial charge in [-0.3, -0.25) is 4.90 Å². The summed E-state index contributed by atoms with van der Waals surface area (Å²) in [5.74, 6) is 0. The third-order valence-corrected chi connectivity index (χ3v) is 4.35. The van der Waals surface area contributed by atoms with Gasteiger partial charge < -0.3 is 4.57 Å². The molecule has 0 radical (unpaired) electrons. The molecule has 1 saturated heterocycles. The SMILES string of the molecule is CCn1cc(CN2CCCCC2)c2ccc(Cl)cc21. The van der Waals surface area contributed by atoms with Crippen molar-refractivity contribution in [3.8, 4) is 0 Å². The van der Waals surface area contributed by atoms with Crippen LogP contribution < -0.4 is 0 Å². The smallest absolute Gasteiger partial charge is 0.0498 e. The average Bonchev–Trinajstić information content (AvgIpc) is 2.77. The summed E-state index contributed by atoms with van der Waals surface area (Å²) in [5.41, 5.74) is 2.71. The number of fused-ring (bicyclic) bond motifs is 1. The normalized spacial score (nSPS) is 17.2. The number of piperidine rings is 1. The Hall–Kier alpha value is -0.990. The number of benzene rings is 1. The van der Waals surface area contributed by atoms with Gasteiger partial charge in [0.1, 0.15) is 0 Å². The molecule has 1 fully saturated rings. The molecular weight excluding hydrogens is 256 g/mol. The minimum atomic E-state index is 0.824. The molecule has 0 aliphatic carbocycles. The lowest BCUT2D eigenvalue weighted by Crippen LogP contribution is -2.28. The van der Waals surface area contributed by atoms with Crippen molar-refractivity contribution >= 4 is 22.5 Å². The van der Waals surface area contributed by atoms with Gasteiger partial charge >= 0.3 is 0 Å². The number of hydrogen-bond acceptors (Lipinski definition) is 1. The minimum Gasteiger partial charge on any atom is -0.347 e. The number of nitrogens with zero attached hydrogens (tertiary/aromatic N) is 2. The monoisotopic (exact) mass is 276 g/mol. The van der Waals surface area contributed by atoms with Crippen molar-refractivity contribution in [1.29, 1.82) is 0 Å². The van der Waals surface area contributed by atoms with Gasteiger partial charge in [0.2, 0.25) is 0 Å². The molecule has 2 nitrogen and oxygen atoms in total. The summed E-state index contributed by atoms with van der Waals surface area (Å²) < 4.78 is 2.31. The lowest BCUT2D eigenvalue weighted by Gasteiger charge is -2.26. The second kappa shape index (κ2) is 5.56. The van der Waals surface area contributed by atoms with Gasteiger partial charge in [-0.15, -0.1) is 0 Å². The van der Waals surface area contributed by atoms with Crippen molar-refractivity contribution in [3.63, 3.8) is 0 Å². The lowest BCUT2D eigenvalue weighted by molar-refractivity contribution is 0.221. The summed E-state index contributed by atoms with van der Waals surface area (Å²) in [6.45, 7) is 6.74. The molecule has 0 N–H and O–H groups in total. The van der Waals surface area contributed by atoms with Crippen LogP contribution in [0.5, 0.6) is 0 Å². The van der Waals surface area contributed by atoms with E-state index in [1.54, 1.807) is 0 Å². The van der Waals surface area contributed by atoms with Crippen molar-refractivity contribution in [3.05, 3.63) is 35.0 Å². The Morgan fingerprint density at radius 1 is 1.16 bits per heavy atom. The molecule has 3 heteroatoms. The predicted octanol–water partition coefficient (Wildman–Crippen LogP) is 4.30. The van der Waals surface area contributed by atoms with Gasteiger partial charge in [-0.05, 0) is 50.6 Å². The van der Waals surface area contributed by atoms with Crippen LogP contribution >= 0.6 is 11.6 Å². The zero-order chi connectivity index (χ0) is 13.2. The van der Waals surface area contributed by atoms with Crippen molar-refractivity contribution in [2.75, 3.05) is 13.1 Å². The Morgan fingerprint density at radius 3 is 2.68 bits per heavy atom. The van der Waals surface area contributed by atoms with Gasteiger partial charge in [0, 0.05) is 35.2 Å². The third kappa shape index (κ3) is 2.65. The zero-order valence-corrected chi connectivity index (χ0v) is 12.3. The summed E-state index contributed by atoms with van der Waals surface area (Å²) in [5, 5.41) is 2.18. The Kier molecular flexibility index (Phi) is 3.81. The minimum absolute atomic E-state index is 0.824. The standard InChI is InChI=1S/C16H21ClN2/c1-2-19-12-13(11-18-8-4-3-5-9-18)15-7-6-14(17)10-16(15)19/h6-7,10,12H,2-5,8-9,11H2,1H3. The van der Waals surface area contributed by atoms with Crippen LogP contribution in [0.4, 0.5) is 0 Å². The predicted molar refractivity (Wildman–Crippen MR) is 81.8 cm³/mol. The molecule has 0 unspecified atom stereocenters. The Morgan fingerprint density at radius 2 is 1.95 bits per heavy atom. The van der Waals surface area contributed by atoms with Crippen molar-refractivity contribution < 1.29 is 0 Å². The molecule has 0 spiro atoms. The van der Waals surface area contributed by atoms with E-state index < -0.39 is 0 Å². The number of rotatable bonds is 3. The highest BCUT2D eigenvalue weighted by atomic mass is 35.5. The first-order valence-electron chi connectivity index (χ1n) is 7.27. The van der Waals surface area contributed by atoms with Crippen LogP contribution in [-0.4, -0.2) is 22.6 Å². The molecule has 0 amide bonds. The van der Waals surface area contributed by atoms with E-state index in [1.807, 2.05) is 6.07 Å². The maximum absolute atomic E-state index is 6.13. The summed E-state index contributed by atoms with van der Waals surface area (Å²) >= 11 is 6.13. The molecule has 1 aromatic carbocycles. The molecule has 1 aliphatic heterocycles. The van der Waals surface area contributed by atoms with E-state index in [1.165, 1.54) is 48.8 Å². The van der Waals surface area contributed by atoms with E-state index in [0.717, 1.165) is 18.1 Å². The van der Waals surface area contributed by atoms with Gasteiger partial charge in [0.05, 0.1) is 0 Å². The molecule has 0 bridgehead atoms. The molecule has 0 atom stereocenters. The fourth-order valence-corrected chi connectivity index (χ4v) is 3.25. The highest BCUT2D eigenvalue weighted by Crippen LogP contribution is 2.26. The summed E-state index contributed by atoms with van der Waals surface area (Å²) in [4.78, 5) is 2.58. The highest BCUT2D eigenvalue weighted by Gasteiger charge is 2.14. The van der Waals surface area contributed by atoms with Crippen molar-refractivity contribution in [2.24, 2.45) is 0 Å². The second-order valence-corrected chi connectivity index (χ2v) is 5.88. The van der Waals surface area contributed by atoms with E-state index >= 15 is 0 Å². The van der Waals surface area contributed by atoms with Crippen molar-refractivity contribution in [2.45, 2.75) is 39.3 Å². The fourth-order valence-electron chi connectivity index (χ4n) is 3.09. The number of halogens is 1. The second-order valence-electron chi connectivity index (χ2n) is 5.44. The lowest BCUT2D eigenvalue weighted by atomic mass is 10.1. The van der Waals surface area contributed by atoms with Gasteiger partial charge in [0.15, 0.2) is 0 Å². The summed E-state index contributed by atoms with van der Waals surface area (Å²) in [6.07, 6.45) is 6.38. The van der Waals surface area contributed by atoms with E-state index in [4.69, 9.17) is 11.6 Å². The van der Waals surface area contributed by atoms with Crippen LogP contribution in [-0.2, 0) is 13.1 Å². The van der Waals surface area contributed by atoms with Crippen LogP contribution in [0.3, 0.4) is 0 Å². The van der Waals surface area contributed by atoms with Crippen LogP contribution in [0, 0.1) is 0 Å². The van der Waals surface area contributed by atoms with Gasteiger partial charge in [-0.2, -0.15) is 0 Å². The quantitative estimate of drug-likeness (QED) is 0.811. The molecule has 2 aromatic rings.